The van der Waals surface area contributed by atoms with E-state index in [-0.39, 0.29) is 12.5 Å². The molecule has 0 aliphatic rings. The van der Waals surface area contributed by atoms with Crippen molar-refractivity contribution < 1.29 is 9.53 Å². The van der Waals surface area contributed by atoms with Gasteiger partial charge in [0.15, 0.2) is 6.61 Å². The lowest BCUT2D eigenvalue weighted by molar-refractivity contribution is -0.123. The molecule has 2 aromatic rings. The maximum Gasteiger partial charge on any atom is 0.277 e. The standard InChI is InChI=1S/C17H17BrN2O2/c1-12-5-3-8-16(9-12)22-11-17(21)20-19-13(2)14-6-4-7-15(18)10-14/h3-10H,11H2,1-2H3,(H,20,21)/b19-13+. The topological polar surface area (TPSA) is 50.7 Å². The van der Waals surface area contributed by atoms with E-state index in [1.807, 2.05) is 62.4 Å². The Balaban J connectivity index is 1.88. The van der Waals surface area contributed by atoms with E-state index in [0.29, 0.717) is 5.75 Å². The second-order valence-electron chi connectivity index (χ2n) is 4.85. The average Bonchev–Trinajstić information content (AvgIpc) is 2.50. The third-order valence-electron chi connectivity index (χ3n) is 2.95. The zero-order valence-electron chi connectivity index (χ0n) is 12.5. The maximum absolute atomic E-state index is 11.8. The number of ether oxygens (including phenoxy) is 1. The van der Waals surface area contributed by atoms with Crippen LogP contribution in [0.3, 0.4) is 0 Å². The molecule has 0 atom stereocenters. The first-order valence-corrected chi connectivity index (χ1v) is 7.62. The first-order valence-electron chi connectivity index (χ1n) is 6.83. The summed E-state index contributed by atoms with van der Waals surface area (Å²) in [7, 11) is 0. The van der Waals surface area contributed by atoms with Crippen LogP contribution in [0.4, 0.5) is 0 Å². The smallest absolute Gasteiger partial charge is 0.277 e. The van der Waals surface area contributed by atoms with Gasteiger partial charge in [0.25, 0.3) is 5.91 Å². The summed E-state index contributed by atoms with van der Waals surface area (Å²) >= 11 is 3.40. The van der Waals surface area contributed by atoms with Gasteiger partial charge in [0.2, 0.25) is 0 Å². The minimum Gasteiger partial charge on any atom is -0.484 e. The van der Waals surface area contributed by atoms with Gasteiger partial charge in [-0.25, -0.2) is 5.43 Å². The van der Waals surface area contributed by atoms with E-state index >= 15 is 0 Å². The second kappa shape index (κ2) is 7.75. The summed E-state index contributed by atoms with van der Waals surface area (Å²) in [6.45, 7) is 3.74. The van der Waals surface area contributed by atoms with Crippen molar-refractivity contribution in [2.45, 2.75) is 13.8 Å². The van der Waals surface area contributed by atoms with Gasteiger partial charge in [0, 0.05) is 4.47 Å². The summed E-state index contributed by atoms with van der Waals surface area (Å²) in [5.41, 5.74) is 5.24. The predicted molar refractivity (Wildman–Crippen MR) is 91.2 cm³/mol. The van der Waals surface area contributed by atoms with Gasteiger partial charge in [0.05, 0.1) is 5.71 Å². The minimum atomic E-state index is -0.296. The Kier molecular flexibility index (Phi) is 5.72. The van der Waals surface area contributed by atoms with Gasteiger partial charge in [-0.05, 0) is 49.2 Å². The number of nitrogens with zero attached hydrogens (tertiary/aromatic N) is 1. The van der Waals surface area contributed by atoms with Gasteiger partial charge in [-0.1, -0.05) is 40.2 Å². The second-order valence-corrected chi connectivity index (χ2v) is 5.76. The van der Waals surface area contributed by atoms with Crippen LogP contribution in [0.15, 0.2) is 58.1 Å². The van der Waals surface area contributed by atoms with Crippen molar-refractivity contribution in [1.29, 1.82) is 0 Å². The summed E-state index contributed by atoms with van der Waals surface area (Å²) in [4.78, 5) is 11.8. The molecule has 2 aromatic carbocycles. The molecule has 5 heteroatoms. The van der Waals surface area contributed by atoms with Crippen molar-refractivity contribution in [3.8, 4) is 5.75 Å². The lowest BCUT2D eigenvalue weighted by Gasteiger charge is -2.06. The summed E-state index contributed by atoms with van der Waals surface area (Å²) in [5, 5.41) is 4.08. The quantitative estimate of drug-likeness (QED) is 0.653. The molecule has 114 valence electrons. The molecule has 0 spiro atoms. The Bertz CT molecular complexity index is 699. The molecule has 1 amide bonds. The van der Waals surface area contributed by atoms with Crippen LogP contribution in [-0.4, -0.2) is 18.2 Å². The van der Waals surface area contributed by atoms with E-state index in [2.05, 4.69) is 26.5 Å². The fourth-order valence-electron chi connectivity index (χ4n) is 1.81. The molecule has 0 aliphatic heterocycles. The van der Waals surface area contributed by atoms with Crippen molar-refractivity contribution in [2.75, 3.05) is 6.61 Å². The molecule has 0 heterocycles. The highest BCUT2D eigenvalue weighted by molar-refractivity contribution is 9.10. The van der Waals surface area contributed by atoms with Crippen molar-refractivity contribution >= 4 is 27.5 Å². The SMILES string of the molecule is C/C(=N\NC(=O)COc1cccc(C)c1)c1cccc(Br)c1. The minimum absolute atomic E-state index is 0.0707. The monoisotopic (exact) mass is 360 g/mol. The number of rotatable bonds is 5. The third kappa shape index (κ3) is 5.00. The first kappa shape index (κ1) is 16.2. The summed E-state index contributed by atoms with van der Waals surface area (Å²) in [6.07, 6.45) is 0. The molecule has 0 saturated heterocycles. The van der Waals surface area contributed by atoms with E-state index in [9.17, 15) is 4.79 Å². The zero-order valence-corrected chi connectivity index (χ0v) is 14.1. The number of carbonyl (C=O) groups excluding carboxylic acids is 1. The summed E-state index contributed by atoms with van der Waals surface area (Å²) in [5.74, 6) is 0.374. The van der Waals surface area contributed by atoms with Crippen LogP contribution in [0.1, 0.15) is 18.1 Å². The van der Waals surface area contributed by atoms with Crippen LogP contribution >= 0.6 is 15.9 Å². The number of carbonyl (C=O) groups is 1. The molecule has 0 unspecified atom stereocenters. The van der Waals surface area contributed by atoms with Crippen LogP contribution in [0.2, 0.25) is 0 Å². The van der Waals surface area contributed by atoms with Crippen LogP contribution in [0, 0.1) is 6.92 Å². The van der Waals surface area contributed by atoms with E-state index in [1.54, 1.807) is 0 Å². The number of halogens is 1. The molecule has 0 bridgehead atoms. The zero-order chi connectivity index (χ0) is 15.9. The van der Waals surface area contributed by atoms with Gasteiger partial charge in [-0.3, -0.25) is 4.79 Å². The Morgan fingerprint density at radius 1 is 1.23 bits per heavy atom. The lowest BCUT2D eigenvalue weighted by atomic mass is 10.1. The molecule has 4 nitrogen and oxygen atoms in total. The number of hydrogen-bond acceptors (Lipinski definition) is 3. The predicted octanol–water partition coefficient (Wildman–Crippen LogP) is 3.68. The van der Waals surface area contributed by atoms with Crippen LogP contribution in [0.25, 0.3) is 0 Å². The van der Waals surface area contributed by atoms with E-state index in [1.165, 1.54) is 0 Å². The van der Waals surface area contributed by atoms with E-state index in [4.69, 9.17) is 4.74 Å². The maximum atomic E-state index is 11.8. The number of nitrogens with one attached hydrogen (secondary N) is 1. The molecule has 0 aliphatic carbocycles. The highest BCUT2D eigenvalue weighted by atomic mass is 79.9. The van der Waals surface area contributed by atoms with Crippen molar-refractivity contribution in [1.82, 2.24) is 5.43 Å². The largest absolute Gasteiger partial charge is 0.484 e. The number of hydrazone groups is 1. The molecule has 2 rings (SSSR count). The van der Waals surface area contributed by atoms with Gasteiger partial charge >= 0.3 is 0 Å². The Hall–Kier alpha value is -2.14. The highest BCUT2D eigenvalue weighted by Gasteiger charge is 2.03. The molecule has 1 N–H and O–H groups in total. The number of aryl methyl sites for hydroxylation is 1. The van der Waals surface area contributed by atoms with Crippen LogP contribution < -0.4 is 10.2 Å². The number of hydrogen-bond donors (Lipinski definition) is 1. The molecular formula is C17H17BrN2O2. The van der Waals surface area contributed by atoms with Gasteiger partial charge in [-0.15, -0.1) is 0 Å². The van der Waals surface area contributed by atoms with Gasteiger partial charge in [0.1, 0.15) is 5.75 Å². The molecular weight excluding hydrogens is 344 g/mol. The first-order chi connectivity index (χ1) is 10.5. The summed E-state index contributed by atoms with van der Waals surface area (Å²) in [6, 6.07) is 15.3. The van der Waals surface area contributed by atoms with Gasteiger partial charge in [-0.2, -0.15) is 5.10 Å². The third-order valence-corrected chi connectivity index (χ3v) is 3.44. The molecule has 0 aromatic heterocycles. The Morgan fingerprint density at radius 2 is 2.00 bits per heavy atom. The normalized spacial score (nSPS) is 11.1. The molecule has 0 radical (unpaired) electrons. The molecule has 0 fully saturated rings. The van der Waals surface area contributed by atoms with Crippen LogP contribution in [0.5, 0.6) is 5.75 Å². The molecule has 22 heavy (non-hydrogen) atoms. The molecule has 0 saturated carbocycles. The Morgan fingerprint density at radius 3 is 2.73 bits per heavy atom. The van der Waals surface area contributed by atoms with Gasteiger partial charge < -0.3 is 4.74 Å². The van der Waals surface area contributed by atoms with Crippen molar-refractivity contribution in [2.24, 2.45) is 5.10 Å². The fourth-order valence-corrected chi connectivity index (χ4v) is 2.21. The fraction of sp³-hybridized carbons (Fsp3) is 0.176. The Labute approximate surface area is 138 Å². The summed E-state index contributed by atoms with van der Waals surface area (Å²) < 4.78 is 6.38. The number of benzene rings is 2. The van der Waals surface area contributed by atoms with E-state index < -0.39 is 0 Å². The highest BCUT2D eigenvalue weighted by Crippen LogP contribution is 2.13. The number of amides is 1. The lowest BCUT2D eigenvalue weighted by Crippen LogP contribution is -2.25. The van der Waals surface area contributed by atoms with E-state index in [0.717, 1.165) is 21.3 Å². The van der Waals surface area contributed by atoms with Crippen LogP contribution in [-0.2, 0) is 4.79 Å². The average molecular weight is 361 g/mol. The van der Waals surface area contributed by atoms with Crippen molar-refractivity contribution in [3.05, 3.63) is 64.1 Å². The van der Waals surface area contributed by atoms with Crippen molar-refractivity contribution in [3.63, 3.8) is 0 Å².